The van der Waals surface area contributed by atoms with E-state index in [2.05, 4.69) is 5.32 Å². The Morgan fingerprint density at radius 1 is 1.47 bits per heavy atom. The molecule has 2 saturated heterocycles. The molecule has 2 heterocycles. The molecule has 100 valence electrons. The summed E-state index contributed by atoms with van der Waals surface area (Å²) in [5.41, 5.74) is -0.0146. The molecule has 4 heteroatoms. The van der Waals surface area contributed by atoms with Crippen molar-refractivity contribution in [3.63, 3.8) is 0 Å². The van der Waals surface area contributed by atoms with Crippen LogP contribution < -0.4 is 5.32 Å². The number of nitrogens with one attached hydrogen (secondary N) is 1. The number of aliphatic hydroxyl groups excluding tert-OH is 1. The van der Waals surface area contributed by atoms with Crippen molar-refractivity contribution < 1.29 is 14.6 Å². The van der Waals surface area contributed by atoms with E-state index in [9.17, 15) is 5.11 Å². The minimum Gasteiger partial charge on any atom is -0.393 e. The van der Waals surface area contributed by atoms with E-state index in [-0.39, 0.29) is 11.7 Å². The normalized spacial score (nSPS) is 35.3. The van der Waals surface area contributed by atoms with Gasteiger partial charge in [-0.1, -0.05) is 6.92 Å². The third-order valence-electron chi connectivity index (χ3n) is 3.94. The summed E-state index contributed by atoms with van der Waals surface area (Å²) in [6.45, 7) is 5.34. The van der Waals surface area contributed by atoms with E-state index in [1.807, 2.05) is 6.92 Å². The Labute approximate surface area is 104 Å². The minimum atomic E-state index is -0.161. The van der Waals surface area contributed by atoms with Crippen molar-refractivity contribution in [2.45, 2.75) is 56.8 Å². The fourth-order valence-electron chi connectivity index (χ4n) is 2.72. The molecule has 0 aromatic carbocycles. The molecule has 17 heavy (non-hydrogen) atoms. The van der Waals surface area contributed by atoms with Crippen molar-refractivity contribution in [2.24, 2.45) is 0 Å². The Balaban J connectivity index is 1.70. The van der Waals surface area contributed by atoms with Gasteiger partial charge in [0, 0.05) is 25.7 Å². The maximum atomic E-state index is 9.51. The minimum absolute atomic E-state index is 0.0146. The molecule has 0 aromatic heterocycles. The first-order valence-electron chi connectivity index (χ1n) is 6.87. The molecule has 1 spiro atoms. The zero-order valence-corrected chi connectivity index (χ0v) is 10.8. The molecule has 3 unspecified atom stereocenters. The smallest absolute Gasteiger partial charge is 0.0951 e. The number of ether oxygens (including phenoxy) is 2. The van der Waals surface area contributed by atoms with E-state index < -0.39 is 0 Å². The maximum Gasteiger partial charge on any atom is 0.0951 e. The first kappa shape index (κ1) is 13.3. The van der Waals surface area contributed by atoms with E-state index in [0.717, 1.165) is 58.5 Å². The predicted molar refractivity (Wildman–Crippen MR) is 66.1 cm³/mol. The fraction of sp³-hybridized carbons (Fsp3) is 1.00. The van der Waals surface area contributed by atoms with Crippen LogP contribution in [0.15, 0.2) is 0 Å². The zero-order chi connectivity index (χ0) is 12.1. The largest absolute Gasteiger partial charge is 0.393 e. The highest BCUT2D eigenvalue weighted by Crippen LogP contribution is 2.32. The summed E-state index contributed by atoms with van der Waals surface area (Å²) in [5.74, 6) is 0. The Bertz CT molecular complexity index is 229. The molecule has 2 aliphatic heterocycles. The first-order chi connectivity index (χ1) is 8.24. The van der Waals surface area contributed by atoms with Crippen molar-refractivity contribution in [3.8, 4) is 0 Å². The molecule has 0 aromatic rings. The van der Waals surface area contributed by atoms with Gasteiger partial charge < -0.3 is 19.9 Å². The summed E-state index contributed by atoms with van der Waals surface area (Å²) < 4.78 is 11.3. The lowest BCUT2D eigenvalue weighted by Gasteiger charge is -2.37. The molecule has 2 N–H and O–H groups in total. The van der Waals surface area contributed by atoms with Gasteiger partial charge in [-0.15, -0.1) is 0 Å². The summed E-state index contributed by atoms with van der Waals surface area (Å²) in [7, 11) is 0. The molecule has 2 fully saturated rings. The van der Waals surface area contributed by atoms with Gasteiger partial charge in [0.15, 0.2) is 0 Å². The van der Waals surface area contributed by atoms with Crippen molar-refractivity contribution in [1.29, 1.82) is 0 Å². The highest BCUT2D eigenvalue weighted by molar-refractivity contribution is 4.92. The van der Waals surface area contributed by atoms with Gasteiger partial charge in [0.25, 0.3) is 0 Å². The van der Waals surface area contributed by atoms with Gasteiger partial charge in [-0.05, 0) is 32.2 Å². The van der Waals surface area contributed by atoms with Crippen LogP contribution in [0.1, 0.15) is 39.0 Å². The van der Waals surface area contributed by atoms with Crippen molar-refractivity contribution in [1.82, 2.24) is 5.32 Å². The molecular weight excluding hydrogens is 218 g/mol. The van der Waals surface area contributed by atoms with Gasteiger partial charge in [-0.3, -0.25) is 0 Å². The van der Waals surface area contributed by atoms with Crippen LogP contribution in [0.2, 0.25) is 0 Å². The summed E-state index contributed by atoms with van der Waals surface area (Å²) in [6.07, 6.45) is 4.68. The van der Waals surface area contributed by atoms with Crippen LogP contribution in [0.25, 0.3) is 0 Å². The molecule has 4 nitrogen and oxygen atoms in total. The number of aliphatic hydroxyl groups is 1. The second-order valence-electron chi connectivity index (χ2n) is 5.33. The molecule has 3 atom stereocenters. The van der Waals surface area contributed by atoms with E-state index in [1.54, 1.807) is 0 Å². The number of hydrogen-bond donors (Lipinski definition) is 2. The second kappa shape index (κ2) is 6.14. The van der Waals surface area contributed by atoms with Crippen molar-refractivity contribution in [3.05, 3.63) is 0 Å². The molecule has 0 radical (unpaired) electrons. The highest BCUT2D eigenvalue weighted by Gasteiger charge is 2.40. The Kier molecular flexibility index (Phi) is 4.79. The Morgan fingerprint density at radius 2 is 2.35 bits per heavy atom. The monoisotopic (exact) mass is 243 g/mol. The summed E-state index contributed by atoms with van der Waals surface area (Å²) in [5, 5.41) is 13.1. The number of hydrogen-bond acceptors (Lipinski definition) is 4. The van der Waals surface area contributed by atoms with E-state index in [1.165, 1.54) is 0 Å². The number of rotatable bonds is 5. The van der Waals surface area contributed by atoms with Gasteiger partial charge in [-0.2, -0.15) is 0 Å². The van der Waals surface area contributed by atoms with Crippen LogP contribution in [0.5, 0.6) is 0 Å². The molecule has 0 bridgehead atoms. The predicted octanol–water partition coefficient (Wildman–Crippen LogP) is 1.08. The third kappa shape index (κ3) is 3.65. The molecule has 2 rings (SSSR count). The van der Waals surface area contributed by atoms with E-state index >= 15 is 0 Å². The van der Waals surface area contributed by atoms with Gasteiger partial charge in [0.05, 0.1) is 18.3 Å². The van der Waals surface area contributed by atoms with Crippen LogP contribution in [-0.4, -0.2) is 49.2 Å². The van der Waals surface area contributed by atoms with Crippen molar-refractivity contribution in [2.75, 3.05) is 26.4 Å². The van der Waals surface area contributed by atoms with Crippen molar-refractivity contribution >= 4 is 0 Å². The molecule has 0 saturated carbocycles. The summed E-state index contributed by atoms with van der Waals surface area (Å²) in [6, 6.07) is 0.523. The lowest BCUT2D eigenvalue weighted by atomic mass is 9.89. The molecule has 2 aliphatic rings. The standard InChI is InChI=1S/C13H25NO3/c1-2-12(15)3-6-14-11-4-7-17-13(9-11)5-8-16-10-13/h11-12,14-15H,2-10H2,1H3. The SMILES string of the molecule is CCC(O)CCNC1CCOC2(CCOC2)C1. The zero-order valence-electron chi connectivity index (χ0n) is 10.8. The van der Waals surface area contributed by atoms with Gasteiger partial charge >= 0.3 is 0 Å². The molecule has 0 amide bonds. The average Bonchev–Trinajstić information content (AvgIpc) is 2.77. The van der Waals surface area contributed by atoms with Gasteiger partial charge in [-0.25, -0.2) is 0 Å². The Hall–Kier alpha value is -0.160. The topological polar surface area (TPSA) is 50.7 Å². The molecule has 0 aliphatic carbocycles. The highest BCUT2D eigenvalue weighted by atomic mass is 16.6. The van der Waals surface area contributed by atoms with Crippen LogP contribution in [0, 0.1) is 0 Å². The van der Waals surface area contributed by atoms with E-state index in [4.69, 9.17) is 9.47 Å². The van der Waals surface area contributed by atoms with Crippen LogP contribution in [-0.2, 0) is 9.47 Å². The Morgan fingerprint density at radius 3 is 3.06 bits per heavy atom. The van der Waals surface area contributed by atoms with E-state index in [0.29, 0.717) is 6.04 Å². The van der Waals surface area contributed by atoms with Gasteiger partial charge in [0.2, 0.25) is 0 Å². The summed E-state index contributed by atoms with van der Waals surface area (Å²) in [4.78, 5) is 0. The van der Waals surface area contributed by atoms with Crippen LogP contribution in [0.3, 0.4) is 0 Å². The first-order valence-corrected chi connectivity index (χ1v) is 6.87. The quantitative estimate of drug-likeness (QED) is 0.758. The van der Waals surface area contributed by atoms with Gasteiger partial charge in [0.1, 0.15) is 0 Å². The third-order valence-corrected chi connectivity index (χ3v) is 3.94. The average molecular weight is 243 g/mol. The lowest BCUT2D eigenvalue weighted by molar-refractivity contribution is -0.0894. The van der Waals surface area contributed by atoms with Crippen LogP contribution in [0.4, 0.5) is 0 Å². The summed E-state index contributed by atoms with van der Waals surface area (Å²) >= 11 is 0. The lowest BCUT2D eigenvalue weighted by Crippen LogP contribution is -2.47. The van der Waals surface area contributed by atoms with Crippen LogP contribution >= 0.6 is 0 Å². The maximum absolute atomic E-state index is 9.51. The molecular formula is C13H25NO3. The second-order valence-corrected chi connectivity index (χ2v) is 5.33. The fourth-order valence-corrected chi connectivity index (χ4v) is 2.72.